The van der Waals surface area contributed by atoms with Crippen LogP contribution in [0.2, 0.25) is 0 Å². The Bertz CT molecular complexity index is 970. The molecule has 4 aliphatic carbocycles. The number of rotatable bonds is 2. The summed E-state index contributed by atoms with van der Waals surface area (Å²) in [6.45, 7) is -0.0651. The Morgan fingerprint density at radius 1 is 1.46 bits per heavy atom. The van der Waals surface area contributed by atoms with Gasteiger partial charge in [-0.3, -0.25) is 9.59 Å². The average Bonchev–Trinajstić information content (AvgIpc) is 2.88. The molecule has 0 bridgehead atoms. The van der Waals surface area contributed by atoms with E-state index < -0.39 is 76.9 Å². The summed E-state index contributed by atoms with van der Waals surface area (Å²) < 4.78 is 48.5. The van der Waals surface area contributed by atoms with Crippen molar-refractivity contribution in [2.45, 2.75) is 57.6 Å². The van der Waals surface area contributed by atoms with Gasteiger partial charge in [0.2, 0.25) is 0 Å². The lowest BCUT2D eigenvalue weighted by molar-refractivity contribution is -0.178. The average molecular weight is 366 g/mol. The van der Waals surface area contributed by atoms with Crippen molar-refractivity contribution in [3.63, 3.8) is 0 Å². The van der Waals surface area contributed by atoms with Gasteiger partial charge in [0.05, 0.1) is 11.6 Å². The molecule has 3 fully saturated rings. The molecule has 0 amide bonds. The zero-order chi connectivity index (χ0) is 24.2. The molecule has 3 saturated carbocycles. The molecule has 0 radical (unpaired) electrons. The lowest BCUT2D eigenvalue weighted by Gasteiger charge is -2.59. The number of carbonyl (C=O) groups is 2. The van der Waals surface area contributed by atoms with Gasteiger partial charge in [-0.2, -0.15) is 0 Å². The number of hydrogen-bond acceptors (Lipinski definition) is 5. The zero-order valence-electron chi connectivity index (χ0n) is 20.9. The summed E-state index contributed by atoms with van der Waals surface area (Å²) >= 11 is 0. The van der Waals surface area contributed by atoms with E-state index in [0.29, 0.717) is 0 Å². The summed E-state index contributed by atoms with van der Waals surface area (Å²) in [5.74, 6) is -3.92. The fourth-order valence-corrected chi connectivity index (χ4v) is 6.25. The van der Waals surface area contributed by atoms with E-state index in [9.17, 15) is 24.9 Å². The minimum Gasteiger partial charge on any atom is -0.393 e. The Balaban J connectivity index is 1.86. The van der Waals surface area contributed by atoms with Crippen molar-refractivity contribution in [2.24, 2.45) is 28.6 Å². The molecule has 26 heavy (non-hydrogen) atoms. The van der Waals surface area contributed by atoms with Crippen molar-refractivity contribution in [2.75, 3.05) is 6.56 Å². The molecule has 0 aliphatic heterocycles. The smallest absolute Gasteiger partial charge is 0.190 e. The van der Waals surface area contributed by atoms with Gasteiger partial charge in [-0.25, -0.2) is 0 Å². The first-order chi connectivity index (χ1) is 14.4. The molecule has 0 spiro atoms. The number of aliphatic hydroxyl groups excluding tert-OH is 1. The SMILES string of the molecule is [2H]C1=C[C@@]2(C)C(=C([2H])C1=O)C([2H])([2H])C[C@@H]1[C@@H]2[C@@H](O)C[C@@]2(C)[C@H]1CC[C@]2(O)C(=O)C([2H])([2H])O. The van der Waals surface area contributed by atoms with Crippen LogP contribution in [0.3, 0.4) is 0 Å². The van der Waals surface area contributed by atoms with E-state index in [1.54, 1.807) is 13.8 Å². The summed E-state index contributed by atoms with van der Waals surface area (Å²) in [7, 11) is 0. The van der Waals surface area contributed by atoms with E-state index in [1.807, 2.05) is 0 Å². The molecular weight excluding hydrogens is 332 g/mol. The van der Waals surface area contributed by atoms with Crippen LogP contribution < -0.4 is 0 Å². The molecule has 0 saturated heterocycles. The van der Waals surface area contributed by atoms with Crippen LogP contribution in [0.5, 0.6) is 0 Å². The Morgan fingerprint density at radius 2 is 2.19 bits per heavy atom. The van der Waals surface area contributed by atoms with Gasteiger partial charge in [0.1, 0.15) is 12.2 Å². The second kappa shape index (κ2) is 5.60. The Labute approximate surface area is 162 Å². The lowest BCUT2D eigenvalue weighted by atomic mass is 9.46. The zero-order valence-corrected chi connectivity index (χ0v) is 14.9. The van der Waals surface area contributed by atoms with E-state index in [0.717, 1.165) is 0 Å². The third-order valence-corrected chi connectivity index (χ3v) is 7.57. The molecule has 0 heterocycles. The largest absolute Gasteiger partial charge is 0.393 e. The van der Waals surface area contributed by atoms with Crippen LogP contribution in [-0.2, 0) is 9.59 Å². The molecule has 3 N–H and O–H groups in total. The van der Waals surface area contributed by atoms with E-state index in [-0.39, 0.29) is 31.3 Å². The minimum absolute atomic E-state index is 0.0501. The molecule has 142 valence electrons. The predicted octanol–water partition coefficient (Wildman–Crippen LogP) is 1.56. The third-order valence-electron chi connectivity index (χ3n) is 7.57. The molecule has 0 aromatic rings. The monoisotopic (exact) mass is 366 g/mol. The summed E-state index contributed by atoms with van der Waals surface area (Å²) in [5, 5.41) is 32.3. The highest BCUT2D eigenvalue weighted by Gasteiger charge is 2.67. The van der Waals surface area contributed by atoms with Crippen molar-refractivity contribution in [3.8, 4) is 0 Å². The molecule has 4 rings (SSSR count). The quantitative estimate of drug-likeness (QED) is 0.689. The fourth-order valence-electron chi connectivity index (χ4n) is 6.25. The number of fused-ring (bicyclic) bond motifs is 5. The van der Waals surface area contributed by atoms with E-state index in [4.69, 9.17) is 8.22 Å². The van der Waals surface area contributed by atoms with E-state index in [1.165, 1.54) is 6.08 Å². The molecule has 0 unspecified atom stereocenters. The predicted molar refractivity (Wildman–Crippen MR) is 95.0 cm³/mol. The van der Waals surface area contributed by atoms with Gasteiger partial charge in [0.25, 0.3) is 0 Å². The number of Topliss-reactive ketones (excluding diaryl/α,β-unsaturated/α-hetero) is 1. The van der Waals surface area contributed by atoms with Gasteiger partial charge in [-0.15, -0.1) is 0 Å². The molecular formula is C21H28O5. The standard InChI is InChI=1S/C21H28O5/c1-19-7-5-13(23)9-12(19)3-4-14-15-6-8-21(26,17(25)11-22)20(15,2)10-16(24)18(14)19/h5,7,9,14-16,18,22,24,26H,3-4,6,8,10-11H2,1-2H3/t14-,15-,16-,18+,19-,20-,21-/m0/s1/i3D2,5D,9D,11D2. The summed E-state index contributed by atoms with van der Waals surface area (Å²) in [6.07, 6.45) is -2.07. The first kappa shape index (κ1) is 12.2. The first-order valence-corrected chi connectivity index (χ1v) is 9.05. The number of carbonyl (C=O) groups excluding carboxylic acids is 2. The fraction of sp³-hybridized carbons (Fsp3) is 0.714. The minimum atomic E-state index is -3.26. The second-order valence-electron chi connectivity index (χ2n) is 8.61. The van der Waals surface area contributed by atoms with Gasteiger partial charge < -0.3 is 15.3 Å². The second-order valence-corrected chi connectivity index (χ2v) is 8.61. The molecule has 0 aromatic carbocycles. The number of ketones is 2. The van der Waals surface area contributed by atoms with Gasteiger partial charge in [0, 0.05) is 19.5 Å². The van der Waals surface area contributed by atoms with Crippen molar-refractivity contribution in [1.29, 1.82) is 0 Å². The Morgan fingerprint density at radius 3 is 2.88 bits per heavy atom. The van der Waals surface area contributed by atoms with Crippen molar-refractivity contribution < 1.29 is 33.1 Å². The summed E-state index contributed by atoms with van der Waals surface area (Å²) in [5.41, 5.74) is -4.86. The lowest BCUT2D eigenvalue weighted by Crippen LogP contribution is -2.61. The van der Waals surface area contributed by atoms with Gasteiger partial charge in [-0.05, 0) is 56.0 Å². The molecule has 7 atom stereocenters. The van der Waals surface area contributed by atoms with Crippen molar-refractivity contribution in [3.05, 3.63) is 23.8 Å². The number of aliphatic hydroxyl groups is 3. The van der Waals surface area contributed by atoms with Gasteiger partial charge >= 0.3 is 0 Å². The highest BCUT2D eigenvalue weighted by Crippen LogP contribution is 2.67. The molecule has 5 nitrogen and oxygen atoms in total. The molecule has 4 aliphatic rings. The van der Waals surface area contributed by atoms with Crippen LogP contribution in [0.15, 0.2) is 23.8 Å². The highest BCUT2D eigenvalue weighted by atomic mass is 16.3. The van der Waals surface area contributed by atoms with Crippen molar-refractivity contribution in [1.82, 2.24) is 0 Å². The van der Waals surface area contributed by atoms with Crippen molar-refractivity contribution >= 4 is 11.6 Å². The van der Waals surface area contributed by atoms with Crippen LogP contribution in [0.4, 0.5) is 0 Å². The number of hydrogen-bond donors (Lipinski definition) is 3. The van der Waals surface area contributed by atoms with Crippen LogP contribution in [0.1, 0.15) is 54.1 Å². The molecule has 5 heteroatoms. The Hall–Kier alpha value is -1.30. The summed E-state index contributed by atoms with van der Waals surface area (Å²) in [4.78, 5) is 25.0. The Kier molecular flexibility index (Phi) is 2.63. The highest BCUT2D eigenvalue weighted by molar-refractivity contribution is 6.01. The molecule has 0 aromatic heterocycles. The third kappa shape index (κ3) is 2.08. The van der Waals surface area contributed by atoms with E-state index in [2.05, 4.69) is 0 Å². The summed E-state index contributed by atoms with van der Waals surface area (Å²) in [6, 6.07) is -0.986. The van der Waals surface area contributed by atoms with E-state index >= 15 is 0 Å². The van der Waals surface area contributed by atoms with Gasteiger partial charge in [0.15, 0.2) is 11.6 Å². The number of allylic oxidation sites excluding steroid dienone is 4. The van der Waals surface area contributed by atoms with Crippen LogP contribution in [0.25, 0.3) is 0 Å². The van der Waals surface area contributed by atoms with Crippen LogP contribution >= 0.6 is 0 Å². The maximum atomic E-state index is 12.7. The van der Waals surface area contributed by atoms with Gasteiger partial charge in [-0.1, -0.05) is 25.5 Å². The first-order valence-electron chi connectivity index (χ1n) is 12.1. The normalized spacial score (nSPS) is 56.5. The topological polar surface area (TPSA) is 94.8 Å². The maximum Gasteiger partial charge on any atom is 0.190 e. The maximum absolute atomic E-state index is 12.7. The van der Waals surface area contributed by atoms with Crippen LogP contribution in [0, 0.1) is 28.6 Å². The van der Waals surface area contributed by atoms with Crippen LogP contribution in [-0.4, -0.2) is 45.2 Å².